The molecule has 2 rings (SSSR count). The zero-order chi connectivity index (χ0) is 13.0. The number of methoxy groups -OCH3 is 1. The summed E-state index contributed by atoms with van der Waals surface area (Å²) in [5.74, 6) is -0.865. The lowest BCUT2D eigenvalue weighted by atomic mass is 10.1. The first-order chi connectivity index (χ1) is 8.70. The molecular formula is C13H16FNO3. The molecule has 1 unspecified atom stereocenters. The Morgan fingerprint density at radius 3 is 3.06 bits per heavy atom. The molecule has 4 nitrogen and oxygen atoms in total. The van der Waals surface area contributed by atoms with Crippen LogP contribution in [-0.2, 0) is 9.47 Å². The number of hydrogen-bond donors (Lipinski definition) is 1. The molecule has 1 fully saturated rings. The van der Waals surface area contributed by atoms with Crippen molar-refractivity contribution in [1.82, 2.24) is 0 Å². The predicted molar refractivity (Wildman–Crippen MR) is 65.2 cm³/mol. The summed E-state index contributed by atoms with van der Waals surface area (Å²) in [6.45, 7) is 1.32. The van der Waals surface area contributed by atoms with Gasteiger partial charge in [-0.1, -0.05) is 0 Å². The summed E-state index contributed by atoms with van der Waals surface area (Å²) < 4.78 is 23.3. The lowest BCUT2D eigenvalue weighted by molar-refractivity contribution is 0.0601. The first kappa shape index (κ1) is 12.8. The molecule has 0 aliphatic carbocycles. The molecule has 0 radical (unpaired) electrons. The van der Waals surface area contributed by atoms with E-state index in [1.54, 1.807) is 0 Å². The van der Waals surface area contributed by atoms with Crippen molar-refractivity contribution in [1.29, 1.82) is 0 Å². The number of ether oxygens (including phenoxy) is 2. The highest BCUT2D eigenvalue weighted by Crippen LogP contribution is 2.21. The van der Waals surface area contributed by atoms with Gasteiger partial charge in [-0.05, 0) is 31.0 Å². The number of anilines is 1. The Kier molecular flexibility index (Phi) is 4.15. The van der Waals surface area contributed by atoms with E-state index in [9.17, 15) is 9.18 Å². The largest absolute Gasteiger partial charge is 0.465 e. The number of hydrogen-bond acceptors (Lipinski definition) is 4. The van der Waals surface area contributed by atoms with Crippen molar-refractivity contribution in [3.05, 3.63) is 29.6 Å². The molecule has 0 bridgehead atoms. The molecule has 1 aromatic rings. The van der Waals surface area contributed by atoms with Crippen LogP contribution in [0.5, 0.6) is 0 Å². The first-order valence-corrected chi connectivity index (χ1v) is 5.93. The third-order valence-electron chi connectivity index (χ3n) is 2.91. The molecule has 1 aliphatic rings. The Balaban J connectivity index is 2.18. The van der Waals surface area contributed by atoms with Gasteiger partial charge >= 0.3 is 5.97 Å². The van der Waals surface area contributed by atoms with E-state index in [1.807, 2.05) is 0 Å². The molecule has 1 heterocycles. The van der Waals surface area contributed by atoms with Gasteiger partial charge in [-0.3, -0.25) is 0 Å². The van der Waals surface area contributed by atoms with Crippen LogP contribution in [0.1, 0.15) is 23.2 Å². The van der Waals surface area contributed by atoms with Crippen molar-refractivity contribution in [3.63, 3.8) is 0 Å². The molecule has 1 aliphatic heterocycles. The molecule has 0 aromatic heterocycles. The van der Waals surface area contributed by atoms with Crippen LogP contribution in [0.3, 0.4) is 0 Å². The molecule has 98 valence electrons. The summed E-state index contributed by atoms with van der Waals surface area (Å²) >= 11 is 0. The highest BCUT2D eigenvalue weighted by Gasteiger charge is 2.18. The number of halogens is 1. The van der Waals surface area contributed by atoms with Crippen molar-refractivity contribution in [2.24, 2.45) is 0 Å². The molecule has 18 heavy (non-hydrogen) atoms. The van der Waals surface area contributed by atoms with Gasteiger partial charge in [-0.25, -0.2) is 9.18 Å². The van der Waals surface area contributed by atoms with Crippen LogP contribution in [0.25, 0.3) is 0 Å². The van der Waals surface area contributed by atoms with Crippen molar-refractivity contribution in [2.75, 3.05) is 25.6 Å². The van der Waals surface area contributed by atoms with Gasteiger partial charge in [0.05, 0.1) is 25.0 Å². The minimum Gasteiger partial charge on any atom is -0.465 e. The standard InChI is InChI=1S/C13H16FNO3/c1-17-13(16)11-5-4-9(14)7-12(11)15-10-3-2-6-18-8-10/h4-5,7,10,15H,2-3,6,8H2,1H3. The molecule has 0 saturated carbocycles. The number of rotatable bonds is 3. The van der Waals surface area contributed by atoms with E-state index in [4.69, 9.17) is 4.74 Å². The average molecular weight is 253 g/mol. The van der Waals surface area contributed by atoms with Crippen LogP contribution < -0.4 is 5.32 Å². The van der Waals surface area contributed by atoms with Gasteiger partial charge in [-0.15, -0.1) is 0 Å². The van der Waals surface area contributed by atoms with Gasteiger partial charge in [0.1, 0.15) is 5.82 Å². The van der Waals surface area contributed by atoms with Gasteiger partial charge in [-0.2, -0.15) is 0 Å². The smallest absolute Gasteiger partial charge is 0.339 e. The molecule has 0 spiro atoms. The van der Waals surface area contributed by atoms with Crippen LogP contribution >= 0.6 is 0 Å². The number of nitrogens with one attached hydrogen (secondary N) is 1. The van der Waals surface area contributed by atoms with E-state index < -0.39 is 5.97 Å². The maximum absolute atomic E-state index is 13.2. The van der Waals surface area contributed by atoms with Crippen LogP contribution in [0.15, 0.2) is 18.2 Å². The van der Waals surface area contributed by atoms with Crippen LogP contribution in [0.2, 0.25) is 0 Å². The molecule has 0 amide bonds. The molecule has 1 atom stereocenters. The van der Waals surface area contributed by atoms with E-state index >= 15 is 0 Å². The normalized spacial score (nSPS) is 19.3. The Labute approximate surface area is 105 Å². The van der Waals surface area contributed by atoms with Crippen molar-refractivity contribution in [3.8, 4) is 0 Å². The van der Waals surface area contributed by atoms with Crippen LogP contribution in [0.4, 0.5) is 10.1 Å². The van der Waals surface area contributed by atoms with E-state index in [0.717, 1.165) is 19.4 Å². The third-order valence-corrected chi connectivity index (χ3v) is 2.91. The molecule has 5 heteroatoms. The maximum Gasteiger partial charge on any atom is 0.339 e. The van der Waals surface area contributed by atoms with Crippen LogP contribution in [0, 0.1) is 5.82 Å². The van der Waals surface area contributed by atoms with E-state index in [2.05, 4.69) is 10.1 Å². The molecular weight excluding hydrogens is 237 g/mol. The summed E-state index contributed by atoms with van der Waals surface area (Å²) in [4.78, 5) is 11.6. The van der Waals surface area contributed by atoms with Crippen molar-refractivity contribution < 1.29 is 18.7 Å². The number of benzene rings is 1. The predicted octanol–water partition coefficient (Wildman–Crippen LogP) is 2.20. The Hall–Kier alpha value is -1.62. The summed E-state index contributed by atoms with van der Waals surface area (Å²) in [5.41, 5.74) is 0.793. The number of carbonyl (C=O) groups excluding carboxylic acids is 1. The molecule has 1 saturated heterocycles. The van der Waals surface area contributed by atoms with Crippen molar-refractivity contribution >= 4 is 11.7 Å². The fraction of sp³-hybridized carbons (Fsp3) is 0.462. The summed E-state index contributed by atoms with van der Waals surface area (Å²) in [7, 11) is 1.30. The monoisotopic (exact) mass is 253 g/mol. The molecule has 1 N–H and O–H groups in total. The second kappa shape index (κ2) is 5.82. The van der Waals surface area contributed by atoms with Gasteiger partial charge < -0.3 is 14.8 Å². The molecule has 1 aromatic carbocycles. The average Bonchev–Trinajstić information content (AvgIpc) is 2.39. The van der Waals surface area contributed by atoms with Crippen molar-refractivity contribution in [2.45, 2.75) is 18.9 Å². The Morgan fingerprint density at radius 2 is 2.39 bits per heavy atom. The highest BCUT2D eigenvalue weighted by molar-refractivity contribution is 5.95. The summed E-state index contributed by atoms with van der Waals surface area (Å²) in [6.07, 6.45) is 1.90. The summed E-state index contributed by atoms with van der Waals surface area (Å²) in [6, 6.07) is 4.08. The van der Waals surface area contributed by atoms with E-state index in [1.165, 1.54) is 25.3 Å². The Morgan fingerprint density at radius 1 is 1.56 bits per heavy atom. The van der Waals surface area contributed by atoms with E-state index in [0.29, 0.717) is 17.9 Å². The van der Waals surface area contributed by atoms with Crippen LogP contribution in [-0.4, -0.2) is 32.3 Å². The SMILES string of the molecule is COC(=O)c1ccc(F)cc1NC1CCCOC1. The Bertz CT molecular complexity index is 430. The lowest BCUT2D eigenvalue weighted by Gasteiger charge is -2.25. The lowest BCUT2D eigenvalue weighted by Crippen LogP contribution is -2.30. The minimum atomic E-state index is -0.478. The van der Waals surface area contributed by atoms with Gasteiger partial charge in [0.25, 0.3) is 0 Å². The maximum atomic E-state index is 13.2. The van der Waals surface area contributed by atoms with E-state index in [-0.39, 0.29) is 11.9 Å². The highest BCUT2D eigenvalue weighted by atomic mass is 19.1. The zero-order valence-corrected chi connectivity index (χ0v) is 10.2. The topological polar surface area (TPSA) is 47.6 Å². The quantitative estimate of drug-likeness (QED) is 0.839. The fourth-order valence-electron chi connectivity index (χ4n) is 2.00. The van der Waals surface area contributed by atoms with Gasteiger partial charge in [0, 0.05) is 12.6 Å². The number of esters is 1. The van der Waals surface area contributed by atoms with Gasteiger partial charge in [0.15, 0.2) is 0 Å². The zero-order valence-electron chi connectivity index (χ0n) is 10.2. The fourth-order valence-corrected chi connectivity index (χ4v) is 2.00. The second-order valence-corrected chi connectivity index (χ2v) is 4.24. The summed E-state index contributed by atoms with van der Waals surface area (Å²) in [5, 5.41) is 3.14. The third kappa shape index (κ3) is 2.98. The minimum absolute atomic E-state index is 0.101. The number of carbonyl (C=O) groups is 1. The first-order valence-electron chi connectivity index (χ1n) is 5.93. The van der Waals surface area contributed by atoms with Gasteiger partial charge in [0.2, 0.25) is 0 Å². The second-order valence-electron chi connectivity index (χ2n) is 4.24.